The summed E-state index contributed by atoms with van der Waals surface area (Å²) < 4.78 is 25.3. The molecule has 168 valence electrons. The highest BCUT2D eigenvalue weighted by Gasteiger charge is 2.41. The Morgan fingerprint density at radius 1 is 0.848 bits per heavy atom. The van der Waals surface area contributed by atoms with Gasteiger partial charge in [-0.1, -0.05) is 30.3 Å². The van der Waals surface area contributed by atoms with Crippen LogP contribution in [0.4, 0.5) is 15.8 Å². The number of nitrogens with one attached hydrogen (secondary N) is 1. The number of halogens is 1. The second-order valence-corrected chi connectivity index (χ2v) is 7.66. The fourth-order valence-electron chi connectivity index (χ4n) is 3.76. The molecule has 0 fully saturated rings. The van der Waals surface area contributed by atoms with E-state index in [1.54, 1.807) is 24.3 Å². The van der Waals surface area contributed by atoms with E-state index in [-0.39, 0.29) is 17.0 Å². The smallest absolute Gasteiger partial charge is 0.282 e. The minimum atomic E-state index is -0.668. The number of methoxy groups -OCH3 is 2. The molecule has 0 aliphatic carbocycles. The highest BCUT2D eigenvalue weighted by molar-refractivity contribution is 6.46. The van der Waals surface area contributed by atoms with Crippen molar-refractivity contribution in [2.75, 3.05) is 24.4 Å². The maximum atomic E-state index is 14.6. The second kappa shape index (κ2) is 8.78. The zero-order chi connectivity index (χ0) is 23.7. The van der Waals surface area contributed by atoms with Crippen LogP contribution in [0.3, 0.4) is 0 Å². The van der Waals surface area contributed by atoms with E-state index in [1.165, 1.54) is 32.4 Å². The van der Waals surface area contributed by atoms with Crippen LogP contribution in [-0.4, -0.2) is 26.0 Å². The number of amides is 2. The lowest BCUT2D eigenvalue weighted by molar-refractivity contribution is -0.120. The maximum Gasteiger partial charge on any atom is 0.282 e. The van der Waals surface area contributed by atoms with Crippen LogP contribution in [0.25, 0.3) is 5.57 Å². The Labute approximate surface area is 191 Å². The summed E-state index contributed by atoms with van der Waals surface area (Å²) in [6.45, 7) is 3.83. The summed E-state index contributed by atoms with van der Waals surface area (Å²) in [6.07, 6.45) is 0. The third-order valence-corrected chi connectivity index (χ3v) is 5.50. The van der Waals surface area contributed by atoms with Crippen LogP contribution >= 0.6 is 0 Å². The molecule has 1 heterocycles. The first-order valence-electron chi connectivity index (χ1n) is 10.3. The van der Waals surface area contributed by atoms with E-state index in [4.69, 9.17) is 9.47 Å². The molecule has 3 aromatic carbocycles. The van der Waals surface area contributed by atoms with Gasteiger partial charge in [-0.3, -0.25) is 9.59 Å². The topological polar surface area (TPSA) is 67.9 Å². The standard InChI is InChI=1S/C26H23FN2O4/c1-15-9-10-16(2)19(13-15)28-24-23(17-11-12-21(32-3)22(14-17)33-4)25(30)29(26(24)31)20-8-6-5-7-18(20)27/h5-14,28H,1-4H3. The molecule has 3 aromatic rings. The van der Waals surface area contributed by atoms with Crippen molar-refractivity contribution in [3.63, 3.8) is 0 Å². The number of ether oxygens (including phenoxy) is 2. The number of benzene rings is 3. The fourth-order valence-corrected chi connectivity index (χ4v) is 3.76. The van der Waals surface area contributed by atoms with Crippen molar-refractivity contribution in [1.82, 2.24) is 0 Å². The average Bonchev–Trinajstić information content (AvgIpc) is 3.05. The largest absolute Gasteiger partial charge is 0.493 e. The number of carbonyl (C=O) groups excluding carboxylic acids is 2. The van der Waals surface area contributed by atoms with Crippen molar-refractivity contribution in [1.29, 1.82) is 0 Å². The van der Waals surface area contributed by atoms with Gasteiger partial charge in [0, 0.05) is 5.69 Å². The number of rotatable bonds is 6. The normalized spacial score (nSPS) is 13.5. The Kier molecular flexibility index (Phi) is 5.87. The van der Waals surface area contributed by atoms with Gasteiger partial charge < -0.3 is 14.8 Å². The van der Waals surface area contributed by atoms with Crippen LogP contribution < -0.4 is 19.7 Å². The van der Waals surface area contributed by atoms with Crippen molar-refractivity contribution in [2.45, 2.75) is 13.8 Å². The first kappa shape index (κ1) is 22.1. The number of para-hydroxylation sites is 1. The molecule has 0 radical (unpaired) electrons. The molecule has 4 rings (SSSR count). The number of nitrogens with zero attached hydrogens (tertiary/aromatic N) is 1. The quantitative estimate of drug-likeness (QED) is 0.548. The van der Waals surface area contributed by atoms with Crippen molar-refractivity contribution < 1.29 is 23.5 Å². The van der Waals surface area contributed by atoms with E-state index in [9.17, 15) is 14.0 Å². The lowest BCUT2D eigenvalue weighted by Crippen LogP contribution is -2.33. The van der Waals surface area contributed by atoms with Crippen LogP contribution in [-0.2, 0) is 9.59 Å². The van der Waals surface area contributed by atoms with Crippen molar-refractivity contribution in [3.8, 4) is 11.5 Å². The molecule has 0 spiro atoms. The van der Waals surface area contributed by atoms with Crippen molar-refractivity contribution in [2.24, 2.45) is 0 Å². The number of carbonyl (C=O) groups is 2. The third-order valence-electron chi connectivity index (χ3n) is 5.50. The molecule has 1 aliphatic rings. The fraction of sp³-hybridized carbons (Fsp3) is 0.154. The van der Waals surface area contributed by atoms with E-state index in [2.05, 4.69) is 5.32 Å². The van der Waals surface area contributed by atoms with E-state index in [0.717, 1.165) is 16.0 Å². The first-order chi connectivity index (χ1) is 15.8. The predicted molar refractivity (Wildman–Crippen MR) is 125 cm³/mol. The molecule has 0 aromatic heterocycles. The van der Waals surface area contributed by atoms with Gasteiger partial charge in [0.1, 0.15) is 11.5 Å². The summed E-state index contributed by atoms with van der Waals surface area (Å²) in [6, 6.07) is 16.4. The minimum absolute atomic E-state index is 0.0594. The molecular formula is C26H23FN2O4. The average molecular weight is 446 g/mol. The van der Waals surface area contributed by atoms with E-state index >= 15 is 0 Å². The minimum Gasteiger partial charge on any atom is -0.493 e. The molecule has 2 amide bonds. The van der Waals surface area contributed by atoms with Crippen LogP contribution in [0.1, 0.15) is 16.7 Å². The Morgan fingerprint density at radius 3 is 2.27 bits per heavy atom. The van der Waals surface area contributed by atoms with Gasteiger partial charge >= 0.3 is 0 Å². The van der Waals surface area contributed by atoms with Gasteiger partial charge in [0.05, 0.1) is 25.5 Å². The van der Waals surface area contributed by atoms with E-state index in [1.807, 2.05) is 32.0 Å². The molecule has 0 saturated heterocycles. The molecular weight excluding hydrogens is 423 g/mol. The predicted octanol–water partition coefficient (Wildman–Crippen LogP) is 4.86. The van der Waals surface area contributed by atoms with Gasteiger partial charge in [0.2, 0.25) is 0 Å². The summed E-state index contributed by atoms with van der Waals surface area (Å²) in [4.78, 5) is 27.9. The van der Waals surface area contributed by atoms with Crippen LogP contribution in [0.2, 0.25) is 0 Å². The third kappa shape index (κ3) is 3.93. The number of hydrogen-bond acceptors (Lipinski definition) is 5. The molecule has 0 bridgehead atoms. The van der Waals surface area contributed by atoms with Crippen LogP contribution in [0.5, 0.6) is 11.5 Å². The molecule has 1 aliphatic heterocycles. The number of imide groups is 1. The van der Waals surface area contributed by atoms with Gasteiger partial charge in [-0.25, -0.2) is 9.29 Å². The number of aryl methyl sites for hydroxylation is 2. The highest BCUT2D eigenvalue weighted by Crippen LogP contribution is 2.38. The molecule has 6 nitrogen and oxygen atoms in total. The van der Waals surface area contributed by atoms with Gasteiger partial charge in [0.15, 0.2) is 11.5 Å². The zero-order valence-corrected chi connectivity index (χ0v) is 18.7. The molecule has 0 unspecified atom stereocenters. The monoisotopic (exact) mass is 446 g/mol. The molecule has 1 N–H and O–H groups in total. The van der Waals surface area contributed by atoms with Crippen molar-refractivity contribution in [3.05, 3.63) is 88.9 Å². The van der Waals surface area contributed by atoms with Gasteiger partial charge in [-0.2, -0.15) is 0 Å². The number of hydrogen-bond donors (Lipinski definition) is 1. The summed E-state index contributed by atoms with van der Waals surface area (Å²) in [5.41, 5.74) is 3.07. The van der Waals surface area contributed by atoms with Gasteiger partial charge in [0.25, 0.3) is 11.8 Å². The molecule has 0 atom stereocenters. The molecule has 0 saturated carbocycles. The summed E-state index contributed by atoms with van der Waals surface area (Å²) in [5, 5.41) is 3.14. The Hall–Kier alpha value is -4.13. The van der Waals surface area contributed by atoms with Crippen LogP contribution in [0.15, 0.2) is 66.4 Å². The second-order valence-electron chi connectivity index (χ2n) is 7.66. The van der Waals surface area contributed by atoms with Crippen LogP contribution in [0, 0.1) is 19.7 Å². The van der Waals surface area contributed by atoms with E-state index in [0.29, 0.717) is 22.7 Å². The number of anilines is 2. The molecule has 33 heavy (non-hydrogen) atoms. The lowest BCUT2D eigenvalue weighted by Gasteiger charge is -2.16. The Balaban J connectivity index is 1.90. The first-order valence-corrected chi connectivity index (χ1v) is 10.3. The molecule has 7 heteroatoms. The SMILES string of the molecule is COc1ccc(C2=C(Nc3cc(C)ccc3C)C(=O)N(c3ccccc3F)C2=O)cc1OC. The zero-order valence-electron chi connectivity index (χ0n) is 18.7. The lowest BCUT2D eigenvalue weighted by atomic mass is 10.0. The van der Waals surface area contributed by atoms with E-state index < -0.39 is 17.6 Å². The summed E-state index contributed by atoms with van der Waals surface area (Å²) in [5.74, 6) is -1.06. The summed E-state index contributed by atoms with van der Waals surface area (Å²) >= 11 is 0. The highest BCUT2D eigenvalue weighted by atomic mass is 19.1. The Bertz CT molecular complexity index is 1300. The summed E-state index contributed by atoms with van der Waals surface area (Å²) in [7, 11) is 2.99. The van der Waals surface area contributed by atoms with Gasteiger partial charge in [-0.05, 0) is 60.9 Å². The Morgan fingerprint density at radius 2 is 1.58 bits per heavy atom. The van der Waals surface area contributed by atoms with Gasteiger partial charge in [-0.15, -0.1) is 0 Å². The maximum absolute atomic E-state index is 14.6. The van der Waals surface area contributed by atoms with Crippen molar-refractivity contribution >= 4 is 28.8 Å².